The van der Waals surface area contributed by atoms with Gasteiger partial charge >= 0.3 is 0 Å². The number of carbonyl (C=O) groups excluding carboxylic acids is 3. The molecule has 1 fully saturated rings. The Hall–Kier alpha value is -3.41. The van der Waals surface area contributed by atoms with E-state index in [9.17, 15) is 34.8 Å². The third kappa shape index (κ3) is 4.46. The molecule has 0 heterocycles. The van der Waals surface area contributed by atoms with Crippen LogP contribution < -0.4 is 16.0 Å². The number of benzene rings is 1. The number of fused-ring (bicyclic) bond motifs is 3. The second kappa shape index (κ2) is 9.90. The van der Waals surface area contributed by atoms with E-state index in [1.165, 1.54) is 4.90 Å². The standard InChI is InChI=1S/C29H40N4O7/c1-28(2,3)12-31-11-14-10-17(32(4)5)15-8-13-9-16-21(33(6)7)24(36)20(27(30)39)26(38)29(16,40)25(37)18(13)23(35)19(15)22(14)34/h10,13,16,21,31,34-35,38,40H,8-9,11-12H2,1-7H3,(H2,30,39)/t13-,16-,21+,29-/m0/s1. The molecule has 0 radical (unpaired) electrons. The Bertz CT molecular complexity index is 1350. The monoisotopic (exact) mass is 556 g/mol. The molecule has 218 valence electrons. The number of phenols is 1. The summed E-state index contributed by atoms with van der Waals surface area (Å²) in [4.78, 5) is 42.8. The van der Waals surface area contributed by atoms with Gasteiger partial charge in [-0.3, -0.25) is 19.3 Å². The lowest BCUT2D eigenvalue weighted by atomic mass is 9.57. The lowest BCUT2D eigenvalue weighted by Crippen LogP contribution is -2.65. The van der Waals surface area contributed by atoms with Crippen LogP contribution in [-0.2, 0) is 27.3 Å². The molecule has 4 atom stereocenters. The number of rotatable bonds is 6. The Morgan fingerprint density at radius 2 is 1.77 bits per heavy atom. The van der Waals surface area contributed by atoms with Crippen molar-refractivity contribution in [3.05, 3.63) is 39.7 Å². The molecule has 0 aromatic heterocycles. The number of aromatic hydroxyl groups is 1. The molecule has 0 bridgehead atoms. The molecule has 0 spiro atoms. The normalized spacial score (nSPS) is 26.6. The number of likely N-dealkylation sites (N-methyl/N-ethyl adjacent to an activating group) is 1. The number of carbonyl (C=O) groups is 3. The first-order valence-corrected chi connectivity index (χ1v) is 13.3. The number of Topliss-reactive ketones (excluding diaryl/α,β-unsaturated/α-hetero) is 2. The average molecular weight is 557 g/mol. The lowest BCUT2D eigenvalue weighted by molar-refractivity contribution is -0.153. The van der Waals surface area contributed by atoms with Crippen LogP contribution in [0.15, 0.2) is 23.0 Å². The first-order chi connectivity index (χ1) is 18.4. The molecule has 0 aliphatic heterocycles. The maximum atomic E-state index is 14.0. The number of amides is 1. The van der Waals surface area contributed by atoms with Crippen molar-refractivity contribution >= 4 is 28.9 Å². The molecule has 40 heavy (non-hydrogen) atoms. The molecule has 1 saturated carbocycles. The highest BCUT2D eigenvalue weighted by atomic mass is 16.3. The predicted molar refractivity (Wildman–Crippen MR) is 150 cm³/mol. The third-order valence-corrected chi connectivity index (χ3v) is 8.23. The first-order valence-electron chi connectivity index (χ1n) is 13.3. The summed E-state index contributed by atoms with van der Waals surface area (Å²) >= 11 is 0. The van der Waals surface area contributed by atoms with Crippen LogP contribution in [0.25, 0.3) is 5.76 Å². The van der Waals surface area contributed by atoms with E-state index in [0.717, 1.165) is 5.69 Å². The SMILES string of the molecule is CN(C)c1cc(CNCC(C)(C)C)c(O)c2c1C[C@H]1C[C@H]3[C@@H](N(C)C)C(=O)C(C(N)=O)=C(O)[C@@]3(O)C(=O)C1=C2O. The molecule has 1 amide bonds. The summed E-state index contributed by atoms with van der Waals surface area (Å²) < 4.78 is 0. The van der Waals surface area contributed by atoms with E-state index >= 15 is 0 Å². The highest BCUT2D eigenvalue weighted by Crippen LogP contribution is 2.54. The zero-order valence-electron chi connectivity index (χ0n) is 24.1. The molecular formula is C29H40N4O7. The number of hydrogen-bond donors (Lipinski definition) is 6. The number of anilines is 1. The van der Waals surface area contributed by atoms with E-state index in [1.807, 2.05) is 25.1 Å². The Balaban J connectivity index is 1.91. The second-order valence-electron chi connectivity index (χ2n) is 12.8. The summed E-state index contributed by atoms with van der Waals surface area (Å²) in [5, 5.41) is 49.0. The lowest BCUT2D eigenvalue weighted by Gasteiger charge is -2.50. The van der Waals surface area contributed by atoms with Crippen LogP contribution in [0, 0.1) is 17.3 Å². The topological polar surface area (TPSA) is 177 Å². The third-order valence-electron chi connectivity index (χ3n) is 8.23. The van der Waals surface area contributed by atoms with Crippen LogP contribution in [0.2, 0.25) is 0 Å². The summed E-state index contributed by atoms with van der Waals surface area (Å²) in [5.74, 6) is -6.55. The number of nitrogens with two attached hydrogens (primary N) is 1. The van der Waals surface area contributed by atoms with Gasteiger partial charge in [0, 0.05) is 49.9 Å². The first kappa shape index (κ1) is 29.6. The fraction of sp³-hybridized carbons (Fsp3) is 0.552. The maximum absolute atomic E-state index is 14.0. The number of nitrogens with one attached hydrogen (secondary N) is 1. The van der Waals surface area contributed by atoms with Crippen molar-refractivity contribution in [1.82, 2.24) is 10.2 Å². The number of primary amides is 1. The van der Waals surface area contributed by atoms with Gasteiger partial charge in [0.15, 0.2) is 11.4 Å². The number of aliphatic hydroxyl groups excluding tert-OH is 2. The Labute approximate surface area is 233 Å². The number of ketones is 2. The molecule has 4 rings (SSSR count). The van der Waals surface area contributed by atoms with Crippen molar-refractivity contribution in [3.63, 3.8) is 0 Å². The van der Waals surface area contributed by atoms with Gasteiger partial charge in [0.25, 0.3) is 5.91 Å². The van der Waals surface area contributed by atoms with E-state index in [2.05, 4.69) is 26.1 Å². The van der Waals surface area contributed by atoms with Gasteiger partial charge in [-0.1, -0.05) is 20.8 Å². The summed E-state index contributed by atoms with van der Waals surface area (Å²) in [5.41, 5.74) is 3.73. The molecule has 3 aliphatic rings. The molecular weight excluding hydrogens is 516 g/mol. The van der Waals surface area contributed by atoms with Crippen molar-refractivity contribution in [3.8, 4) is 5.75 Å². The van der Waals surface area contributed by atoms with E-state index in [1.54, 1.807) is 14.1 Å². The highest BCUT2D eigenvalue weighted by Gasteiger charge is 2.64. The van der Waals surface area contributed by atoms with Gasteiger partial charge in [-0.2, -0.15) is 0 Å². The molecule has 11 nitrogen and oxygen atoms in total. The molecule has 3 aliphatic carbocycles. The van der Waals surface area contributed by atoms with Crippen molar-refractivity contribution in [1.29, 1.82) is 0 Å². The van der Waals surface area contributed by atoms with Crippen LogP contribution in [-0.4, -0.2) is 89.2 Å². The van der Waals surface area contributed by atoms with Gasteiger partial charge in [-0.05, 0) is 49.9 Å². The van der Waals surface area contributed by atoms with Crippen LogP contribution in [0.4, 0.5) is 5.69 Å². The number of phenolic OH excluding ortho intramolecular Hbond substituents is 1. The molecule has 1 aromatic carbocycles. The quantitative estimate of drug-likeness (QED) is 0.279. The van der Waals surface area contributed by atoms with Crippen molar-refractivity contribution in [2.24, 2.45) is 23.0 Å². The minimum atomic E-state index is -2.66. The summed E-state index contributed by atoms with van der Waals surface area (Å²) in [6, 6.07) is 0.735. The van der Waals surface area contributed by atoms with Gasteiger partial charge in [0.05, 0.1) is 11.6 Å². The van der Waals surface area contributed by atoms with Crippen molar-refractivity contribution < 1.29 is 34.8 Å². The van der Waals surface area contributed by atoms with Gasteiger partial charge in [-0.25, -0.2) is 0 Å². The van der Waals surface area contributed by atoms with E-state index in [4.69, 9.17) is 5.73 Å². The Morgan fingerprint density at radius 1 is 1.15 bits per heavy atom. The van der Waals surface area contributed by atoms with Gasteiger partial charge in [0.2, 0.25) is 5.78 Å². The molecule has 11 heteroatoms. The Kier molecular flexibility index (Phi) is 7.32. The maximum Gasteiger partial charge on any atom is 0.255 e. The van der Waals surface area contributed by atoms with Crippen LogP contribution in [0.1, 0.15) is 43.9 Å². The summed E-state index contributed by atoms with van der Waals surface area (Å²) in [6.45, 7) is 7.21. The minimum Gasteiger partial charge on any atom is -0.508 e. The largest absolute Gasteiger partial charge is 0.508 e. The zero-order chi connectivity index (χ0) is 30.1. The van der Waals surface area contributed by atoms with Crippen molar-refractivity contribution in [2.75, 3.05) is 39.6 Å². The zero-order valence-corrected chi connectivity index (χ0v) is 24.1. The average Bonchev–Trinajstić information content (AvgIpc) is 2.81. The minimum absolute atomic E-state index is 0.00285. The highest BCUT2D eigenvalue weighted by molar-refractivity contribution is 6.24. The van der Waals surface area contributed by atoms with Crippen LogP contribution >= 0.6 is 0 Å². The van der Waals surface area contributed by atoms with Gasteiger partial charge in [0.1, 0.15) is 22.8 Å². The number of aliphatic hydroxyl groups is 3. The van der Waals surface area contributed by atoms with E-state index in [0.29, 0.717) is 24.2 Å². The van der Waals surface area contributed by atoms with Crippen LogP contribution in [0.3, 0.4) is 0 Å². The van der Waals surface area contributed by atoms with Gasteiger partial charge in [-0.15, -0.1) is 0 Å². The van der Waals surface area contributed by atoms with Gasteiger partial charge < -0.3 is 36.4 Å². The van der Waals surface area contributed by atoms with Crippen molar-refractivity contribution in [2.45, 2.75) is 51.8 Å². The van der Waals surface area contributed by atoms with E-state index in [-0.39, 0.29) is 35.1 Å². The summed E-state index contributed by atoms with van der Waals surface area (Å²) in [7, 11) is 6.84. The summed E-state index contributed by atoms with van der Waals surface area (Å²) in [6.07, 6.45) is 0.291. The fourth-order valence-corrected chi connectivity index (χ4v) is 6.45. The molecule has 0 unspecified atom stereocenters. The molecule has 7 N–H and O–H groups in total. The van der Waals surface area contributed by atoms with E-state index < -0.39 is 58.0 Å². The molecule has 0 saturated heterocycles. The fourth-order valence-electron chi connectivity index (χ4n) is 6.45. The second-order valence-corrected chi connectivity index (χ2v) is 12.8. The molecule has 1 aromatic rings. The predicted octanol–water partition coefficient (Wildman–Crippen LogP) is 1.17. The smallest absolute Gasteiger partial charge is 0.255 e. The number of hydrogen-bond acceptors (Lipinski definition) is 10. The number of nitrogens with zero attached hydrogens (tertiary/aromatic N) is 2. The van der Waals surface area contributed by atoms with Crippen LogP contribution in [0.5, 0.6) is 5.75 Å². The Morgan fingerprint density at radius 3 is 2.30 bits per heavy atom.